The van der Waals surface area contributed by atoms with Crippen molar-refractivity contribution < 1.29 is 26.7 Å². The molecule has 0 aliphatic heterocycles. The maximum Gasteiger partial charge on any atom is 0.428 e. The van der Waals surface area contributed by atoms with Gasteiger partial charge in [0.2, 0.25) is 0 Å². The van der Waals surface area contributed by atoms with Gasteiger partial charge in [-0.1, -0.05) is 30.3 Å². The van der Waals surface area contributed by atoms with Gasteiger partial charge in [0.05, 0.1) is 0 Å². The van der Waals surface area contributed by atoms with E-state index in [1.807, 2.05) is 0 Å². The molecule has 2 nitrogen and oxygen atoms in total. The summed E-state index contributed by atoms with van der Waals surface area (Å²) in [5, 5.41) is 1.42. The van der Waals surface area contributed by atoms with E-state index in [1.54, 1.807) is 6.07 Å². The van der Waals surface area contributed by atoms with E-state index < -0.39 is 24.1 Å². The summed E-state index contributed by atoms with van der Waals surface area (Å²) >= 11 is 0. The van der Waals surface area contributed by atoms with Crippen molar-refractivity contribution in [3.8, 4) is 0 Å². The summed E-state index contributed by atoms with van der Waals surface area (Å²) in [5.74, 6) is -2.94. The summed E-state index contributed by atoms with van der Waals surface area (Å²) in [7, 11) is 0. The summed E-state index contributed by atoms with van der Waals surface area (Å²) in [6.45, 7) is 0. The van der Waals surface area contributed by atoms with Crippen LogP contribution in [0.5, 0.6) is 0 Å². The third-order valence-electron chi connectivity index (χ3n) is 1.91. The quantitative estimate of drug-likeness (QED) is 0.836. The number of rotatable bonds is 3. The molecular formula is C11H8F5NO. The number of benzene rings is 1. The van der Waals surface area contributed by atoms with Gasteiger partial charge in [-0.15, -0.1) is 0 Å². The van der Waals surface area contributed by atoms with Crippen LogP contribution >= 0.6 is 0 Å². The average molecular weight is 265 g/mol. The van der Waals surface area contributed by atoms with E-state index in [0.29, 0.717) is 6.20 Å². The average Bonchev–Trinajstić information content (AvgIpc) is 2.34. The first-order chi connectivity index (χ1) is 8.32. The summed E-state index contributed by atoms with van der Waals surface area (Å²) in [6, 6.07) is 7.29. The summed E-state index contributed by atoms with van der Waals surface area (Å²) in [4.78, 5) is 10.7. The fourth-order valence-corrected chi connectivity index (χ4v) is 1.04. The zero-order valence-corrected chi connectivity index (χ0v) is 8.84. The molecule has 1 unspecified atom stereocenters. The summed E-state index contributed by atoms with van der Waals surface area (Å²) in [5.41, 5.74) is 0.0558. The molecule has 0 aromatic heterocycles. The van der Waals surface area contributed by atoms with Crippen molar-refractivity contribution in [1.29, 1.82) is 0 Å². The normalized spacial score (nSPS) is 14.2. The summed E-state index contributed by atoms with van der Waals surface area (Å²) in [6.07, 6.45) is -8.60. The van der Waals surface area contributed by atoms with Crippen LogP contribution in [0.1, 0.15) is 5.56 Å². The molecule has 0 fully saturated rings. The molecular weight excluding hydrogens is 257 g/mol. The first kappa shape index (κ1) is 14.1. The Balaban J connectivity index is 2.68. The molecule has 18 heavy (non-hydrogen) atoms. The molecule has 0 spiro atoms. The molecule has 1 rings (SSSR count). The molecule has 1 N–H and O–H groups in total. The van der Waals surface area contributed by atoms with Crippen molar-refractivity contribution in [2.75, 3.05) is 0 Å². The Morgan fingerprint density at radius 1 is 1.22 bits per heavy atom. The topological polar surface area (TPSA) is 29.1 Å². The maximum atomic E-state index is 13.3. The molecule has 0 heterocycles. The molecule has 0 aliphatic rings. The van der Waals surface area contributed by atoms with Gasteiger partial charge in [-0.05, 0) is 0 Å². The SMILES string of the molecule is O=C(N/C=C(\F)c1ccccc1)C(F)C(F)(F)F. The van der Waals surface area contributed by atoms with Crippen LogP contribution in [-0.4, -0.2) is 18.3 Å². The van der Waals surface area contributed by atoms with Gasteiger partial charge in [0.25, 0.3) is 12.1 Å². The molecule has 1 atom stereocenters. The Labute approximate surface area is 99.1 Å². The van der Waals surface area contributed by atoms with Gasteiger partial charge < -0.3 is 5.32 Å². The third kappa shape index (κ3) is 3.83. The highest BCUT2D eigenvalue weighted by Gasteiger charge is 2.45. The van der Waals surface area contributed by atoms with Gasteiger partial charge in [-0.2, -0.15) is 13.2 Å². The van der Waals surface area contributed by atoms with Gasteiger partial charge in [-0.25, -0.2) is 8.78 Å². The van der Waals surface area contributed by atoms with Crippen molar-refractivity contribution >= 4 is 11.7 Å². The lowest BCUT2D eigenvalue weighted by Gasteiger charge is -2.10. The summed E-state index contributed by atoms with van der Waals surface area (Å²) < 4.78 is 61.2. The van der Waals surface area contributed by atoms with Crippen LogP contribution < -0.4 is 5.32 Å². The van der Waals surface area contributed by atoms with Crippen molar-refractivity contribution in [3.05, 3.63) is 42.1 Å². The molecule has 1 amide bonds. The lowest BCUT2D eigenvalue weighted by atomic mass is 10.2. The van der Waals surface area contributed by atoms with E-state index in [0.717, 1.165) is 0 Å². The lowest BCUT2D eigenvalue weighted by molar-refractivity contribution is -0.186. The lowest BCUT2D eigenvalue weighted by Crippen LogP contribution is -2.39. The minimum atomic E-state index is -5.30. The first-order valence-corrected chi connectivity index (χ1v) is 4.74. The highest BCUT2D eigenvalue weighted by molar-refractivity contribution is 5.83. The number of hydrogen-bond donors (Lipinski definition) is 1. The first-order valence-electron chi connectivity index (χ1n) is 4.74. The van der Waals surface area contributed by atoms with Crippen LogP contribution in [0, 0.1) is 0 Å². The second-order valence-electron chi connectivity index (χ2n) is 3.27. The smallest absolute Gasteiger partial charge is 0.327 e. The molecule has 0 aliphatic carbocycles. The molecule has 0 saturated carbocycles. The van der Waals surface area contributed by atoms with Gasteiger partial charge in [-0.3, -0.25) is 4.79 Å². The van der Waals surface area contributed by atoms with Gasteiger partial charge >= 0.3 is 6.18 Å². The highest BCUT2D eigenvalue weighted by Crippen LogP contribution is 2.23. The maximum absolute atomic E-state index is 13.3. The minimum Gasteiger partial charge on any atom is -0.327 e. The van der Waals surface area contributed by atoms with E-state index in [2.05, 4.69) is 0 Å². The molecule has 0 radical (unpaired) electrons. The standard InChI is InChI=1S/C11H8F5NO/c12-8(7-4-2-1-3-5-7)6-17-10(18)9(13)11(14,15)16/h1-6,9H,(H,17,18)/b8-6-. The predicted octanol–water partition coefficient (Wildman–Crippen LogP) is 2.97. The number of hydrogen-bond acceptors (Lipinski definition) is 1. The second-order valence-corrected chi connectivity index (χ2v) is 3.27. The number of alkyl halides is 4. The number of amides is 1. The van der Waals surface area contributed by atoms with Crippen molar-refractivity contribution in [3.63, 3.8) is 0 Å². The van der Waals surface area contributed by atoms with Crippen molar-refractivity contribution in [1.82, 2.24) is 5.32 Å². The Hall–Kier alpha value is -1.92. The molecule has 0 bridgehead atoms. The monoisotopic (exact) mass is 265 g/mol. The molecule has 1 aromatic carbocycles. The number of carbonyl (C=O) groups is 1. The Bertz CT molecular complexity index is 440. The Kier molecular flexibility index (Phi) is 4.41. The largest absolute Gasteiger partial charge is 0.428 e. The van der Waals surface area contributed by atoms with Crippen LogP contribution in [0.3, 0.4) is 0 Å². The van der Waals surface area contributed by atoms with Gasteiger partial charge in [0, 0.05) is 11.8 Å². The van der Waals surface area contributed by atoms with E-state index in [-0.39, 0.29) is 5.56 Å². The van der Waals surface area contributed by atoms with Crippen LogP contribution in [0.25, 0.3) is 5.83 Å². The van der Waals surface area contributed by atoms with Crippen molar-refractivity contribution in [2.45, 2.75) is 12.3 Å². The number of halogens is 5. The molecule has 0 saturated heterocycles. The van der Waals surface area contributed by atoms with E-state index in [1.165, 1.54) is 29.6 Å². The van der Waals surface area contributed by atoms with Gasteiger partial charge in [0.15, 0.2) is 0 Å². The highest BCUT2D eigenvalue weighted by atomic mass is 19.4. The van der Waals surface area contributed by atoms with Crippen LogP contribution in [-0.2, 0) is 4.79 Å². The molecule has 7 heteroatoms. The minimum absolute atomic E-state index is 0.0558. The van der Waals surface area contributed by atoms with Crippen LogP contribution in [0.2, 0.25) is 0 Å². The Morgan fingerprint density at radius 3 is 2.28 bits per heavy atom. The zero-order chi connectivity index (χ0) is 13.8. The molecule has 1 aromatic rings. The van der Waals surface area contributed by atoms with E-state index >= 15 is 0 Å². The molecule has 98 valence electrons. The van der Waals surface area contributed by atoms with Crippen molar-refractivity contribution in [2.24, 2.45) is 0 Å². The Morgan fingerprint density at radius 2 is 1.78 bits per heavy atom. The fourth-order valence-electron chi connectivity index (χ4n) is 1.04. The third-order valence-corrected chi connectivity index (χ3v) is 1.91. The predicted molar refractivity (Wildman–Crippen MR) is 54.6 cm³/mol. The number of carbonyl (C=O) groups excluding carboxylic acids is 1. The zero-order valence-electron chi connectivity index (χ0n) is 8.84. The number of nitrogens with one attached hydrogen (secondary N) is 1. The van der Waals surface area contributed by atoms with E-state index in [9.17, 15) is 26.7 Å². The fraction of sp³-hybridized carbons (Fsp3) is 0.182. The second kappa shape index (κ2) is 5.61. The van der Waals surface area contributed by atoms with Crippen LogP contribution in [0.15, 0.2) is 36.5 Å². The van der Waals surface area contributed by atoms with E-state index in [4.69, 9.17) is 0 Å². The van der Waals surface area contributed by atoms with Gasteiger partial charge in [0.1, 0.15) is 5.83 Å². The van der Waals surface area contributed by atoms with Crippen LogP contribution in [0.4, 0.5) is 22.0 Å².